The van der Waals surface area contributed by atoms with Crippen molar-refractivity contribution in [3.8, 4) is 5.75 Å². The molecule has 0 fully saturated rings. The van der Waals surface area contributed by atoms with Crippen molar-refractivity contribution in [2.45, 2.75) is 32.2 Å². The summed E-state index contributed by atoms with van der Waals surface area (Å²) < 4.78 is 6.81. The molecule has 2 atom stereocenters. The van der Waals surface area contributed by atoms with Crippen molar-refractivity contribution >= 4 is 5.91 Å². The van der Waals surface area contributed by atoms with Gasteiger partial charge in [0, 0.05) is 18.9 Å². The maximum Gasteiger partial charge on any atom is 0.244 e. The van der Waals surface area contributed by atoms with E-state index in [0.29, 0.717) is 12.5 Å². The van der Waals surface area contributed by atoms with Gasteiger partial charge in [0.05, 0.1) is 7.11 Å². The highest BCUT2D eigenvalue weighted by Gasteiger charge is 2.14. The second-order valence-corrected chi connectivity index (χ2v) is 5.42. The summed E-state index contributed by atoms with van der Waals surface area (Å²) in [7, 11) is 1.66. The van der Waals surface area contributed by atoms with E-state index in [2.05, 4.69) is 29.5 Å². The second-order valence-electron chi connectivity index (χ2n) is 5.42. The molecule has 2 rings (SSSR count). The van der Waals surface area contributed by atoms with Gasteiger partial charge in [-0.05, 0) is 43.0 Å². The first kappa shape index (κ1) is 16.1. The van der Waals surface area contributed by atoms with Crippen LogP contribution < -0.4 is 10.1 Å². The van der Waals surface area contributed by atoms with Crippen molar-refractivity contribution in [2.24, 2.45) is 0 Å². The van der Waals surface area contributed by atoms with E-state index < -0.39 is 0 Å². The summed E-state index contributed by atoms with van der Waals surface area (Å²) in [5.41, 5.74) is 1.25. The summed E-state index contributed by atoms with van der Waals surface area (Å²) in [6.45, 7) is 4.65. The summed E-state index contributed by atoms with van der Waals surface area (Å²) in [5, 5.41) is 7.06. The Morgan fingerprint density at radius 1 is 1.32 bits per heavy atom. The van der Waals surface area contributed by atoms with Gasteiger partial charge < -0.3 is 10.1 Å². The molecule has 1 aromatic heterocycles. The van der Waals surface area contributed by atoms with E-state index in [0.717, 1.165) is 12.2 Å². The highest BCUT2D eigenvalue weighted by Crippen LogP contribution is 2.21. The van der Waals surface area contributed by atoms with Crippen molar-refractivity contribution in [1.82, 2.24) is 15.1 Å². The number of benzene rings is 1. The lowest BCUT2D eigenvalue weighted by atomic mass is 9.98. The normalized spacial score (nSPS) is 13.4. The standard InChI is InChI=1S/C17H23N3O2/c1-13(15-5-7-16(22-3)8-6-15)9-11-18-17(21)14(2)20-12-4-10-19-20/h4-8,10,12-14H,9,11H2,1-3H3,(H,18,21)/t13-,14+/m0/s1. The van der Waals surface area contributed by atoms with Gasteiger partial charge in [0.15, 0.2) is 0 Å². The highest BCUT2D eigenvalue weighted by molar-refractivity contribution is 5.79. The van der Waals surface area contributed by atoms with Gasteiger partial charge in [0.2, 0.25) is 5.91 Å². The molecule has 1 heterocycles. The quantitative estimate of drug-likeness (QED) is 0.855. The third kappa shape index (κ3) is 4.10. The third-order valence-electron chi connectivity index (χ3n) is 3.86. The number of nitrogens with zero attached hydrogens (tertiary/aromatic N) is 2. The predicted molar refractivity (Wildman–Crippen MR) is 86.0 cm³/mol. The maximum absolute atomic E-state index is 12.1. The molecule has 1 N–H and O–H groups in total. The number of nitrogens with one attached hydrogen (secondary N) is 1. The molecule has 22 heavy (non-hydrogen) atoms. The summed E-state index contributed by atoms with van der Waals surface area (Å²) in [6.07, 6.45) is 4.36. The van der Waals surface area contributed by atoms with Crippen LogP contribution in [0, 0.1) is 0 Å². The number of hydrogen-bond acceptors (Lipinski definition) is 3. The molecule has 0 aliphatic heterocycles. The zero-order chi connectivity index (χ0) is 15.9. The second kappa shape index (κ2) is 7.64. The Morgan fingerprint density at radius 2 is 2.05 bits per heavy atom. The lowest BCUT2D eigenvalue weighted by Gasteiger charge is -2.15. The molecular weight excluding hydrogens is 278 g/mol. The minimum atomic E-state index is -0.286. The molecule has 1 aromatic carbocycles. The van der Waals surface area contributed by atoms with Crippen LogP contribution in [0.3, 0.4) is 0 Å². The Hall–Kier alpha value is -2.30. The predicted octanol–water partition coefficient (Wildman–Crippen LogP) is 2.76. The fourth-order valence-electron chi connectivity index (χ4n) is 2.29. The molecule has 5 heteroatoms. The van der Waals surface area contributed by atoms with Crippen LogP contribution >= 0.6 is 0 Å². The molecule has 5 nitrogen and oxygen atoms in total. The number of carbonyl (C=O) groups excluding carboxylic acids is 1. The highest BCUT2D eigenvalue weighted by atomic mass is 16.5. The zero-order valence-electron chi connectivity index (χ0n) is 13.3. The minimum Gasteiger partial charge on any atom is -0.497 e. The lowest BCUT2D eigenvalue weighted by Crippen LogP contribution is -2.32. The Labute approximate surface area is 131 Å². The molecule has 0 bridgehead atoms. The van der Waals surface area contributed by atoms with Gasteiger partial charge in [-0.15, -0.1) is 0 Å². The Kier molecular flexibility index (Phi) is 5.58. The summed E-state index contributed by atoms with van der Waals surface area (Å²) in [6, 6.07) is 9.59. The maximum atomic E-state index is 12.1. The van der Waals surface area contributed by atoms with Crippen LogP contribution in [0.25, 0.3) is 0 Å². The Balaban J connectivity index is 1.78. The first-order valence-electron chi connectivity index (χ1n) is 7.52. The number of aromatic nitrogens is 2. The van der Waals surface area contributed by atoms with E-state index in [1.54, 1.807) is 24.2 Å². The number of rotatable bonds is 7. The van der Waals surface area contributed by atoms with Gasteiger partial charge in [0.1, 0.15) is 11.8 Å². The van der Waals surface area contributed by atoms with E-state index in [-0.39, 0.29) is 11.9 Å². The van der Waals surface area contributed by atoms with Gasteiger partial charge in [-0.25, -0.2) is 0 Å². The van der Waals surface area contributed by atoms with Crippen molar-refractivity contribution in [2.75, 3.05) is 13.7 Å². The van der Waals surface area contributed by atoms with E-state index in [1.165, 1.54) is 5.56 Å². The van der Waals surface area contributed by atoms with Crippen LogP contribution in [-0.2, 0) is 4.79 Å². The number of amides is 1. The monoisotopic (exact) mass is 301 g/mol. The van der Waals surface area contributed by atoms with Gasteiger partial charge in [-0.1, -0.05) is 19.1 Å². The molecule has 0 aliphatic carbocycles. The number of ether oxygens (including phenoxy) is 1. The molecule has 0 saturated heterocycles. The number of hydrogen-bond donors (Lipinski definition) is 1. The third-order valence-corrected chi connectivity index (χ3v) is 3.86. The summed E-state index contributed by atoms with van der Waals surface area (Å²) in [4.78, 5) is 12.1. The van der Waals surface area contributed by atoms with Crippen LogP contribution in [0.15, 0.2) is 42.7 Å². The molecule has 118 valence electrons. The Bertz CT molecular complexity index is 578. The first-order valence-corrected chi connectivity index (χ1v) is 7.52. The van der Waals surface area contributed by atoms with Crippen LogP contribution in [0.1, 0.15) is 37.8 Å². The van der Waals surface area contributed by atoms with Crippen molar-refractivity contribution in [3.05, 3.63) is 48.3 Å². The fraction of sp³-hybridized carbons (Fsp3) is 0.412. The van der Waals surface area contributed by atoms with Crippen molar-refractivity contribution in [1.29, 1.82) is 0 Å². The largest absolute Gasteiger partial charge is 0.497 e. The van der Waals surface area contributed by atoms with Gasteiger partial charge in [0.25, 0.3) is 0 Å². The van der Waals surface area contributed by atoms with Gasteiger partial charge in [-0.3, -0.25) is 9.48 Å². The van der Waals surface area contributed by atoms with Crippen LogP contribution in [0.5, 0.6) is 5.75 Å². The topological polar surface area (TPSA) is 56.1 Å². The average molecular weight is 301 g/mol. The molecule has 0 aliphatic rings. The van der Waals surface area contributed by atoms with Crippen molar-refractivity contribution < 1.29 is 9.53 Å². The average Bonchev–Trinajstić information content (AvgIpc) is 3.08. The zero-order valence-corrected chi connectivity index (χ0v) is 13.3. The fourth-order valence-corrected chi connectivity index (χ4v) is 2.29. The van der Waals surface area contributed by atoms with Crippen LogP contribution in [0.4, 0.5) is 0 Å². The first-order chi connectivity index (χ1) is 10.6. The summed E-state index contributed by atoms with van der Waals surface area (Å²) in [5.74, 6) is 1.23. The van der Waals surface area contributed by atoms with E-state index >= 15 is 0 Å². The molecule has 1 amide bonds. The van der Waals surface area contributed by atoms with E-state index in [9.17, 15) is 4.79 Å². The molecule has 0 radical (unpaired) electrons. The SMILES string of the molecule is COc1ccc([C@@H](C)CCNC(=O)[C@@H](C)n2cccn2)cc1. The van der Waals surface area contributed by atoms with E-state index in [4.69, 9.17) is 4.74 Å². The summed E-state index contributed by atoms with van der Waals surface area (Å²) >= 11 is 0. The minimum absolute atomic E-state index is 0.00868. The van der Waals surface area contributed by atoms with Crippen LogP contribution in [-0.4, -0.2) is 29.3 Å². The van der Waals surface area contributed by atoms with E-state index in [1.807, 2.05) is 25.1 Å². The lowest BCUT2D eigenvalue weighted by molar-refractivity contribution is -0.124. The molecule has 0 spiro atoms. The number of carbonyl (C=O) groups is 1. The molecular formula is C17H23N3O2. The Morgan fingerprint density at radius 3 is 2.64 bits per heavy atom. The molecule has 2 aromatic rings. The van der Waals surface area contributed by atoms with Gasteiger partial charge >= 0.3 is 0 Å². The smallest absolute Gasteiger partial charge is 0.244 e. The molecule has 0 unspecified atom stereocenters. The number of methoxy groups -OCH3 is 1. The van der Waals surface area contributed by atoms with Crippen LogP contribution in [0.2, 0.25) is 0 Å². The van der Waals surface area contributed by atoms with Gasteiger partial charge in [-0.2, -0.15) is 5.10 Å². The van der Waals surface area contributed by atoms with Crippen molar-refractivity contribution in [3.63, 3.8) is 0 Å². The molecule has 0 saturated carbocycles.